The number of allylic oxidation sites excluding steroid dienone is 1. The topological polar surface area (TPSA) is 71.1 Å². The molecule has 0 radical (unpaired) electrons. The molecule has 1 unspecified atom stereocenters. The Morgan fingerprint density at radius 2 is 1.97 bits per heavy atom. The van der Waals surface area contributed by atoms with Gasteiger partial charge < -0.3 is 19.7 Å². The van der Waals surface area contributed by atoms with Gasteiger partial charge in [0.15, 0.2) is 0 Å². The van der Waals surface area contributed by atoms with E-state index in [9.17, 15) is 9.59 Å². The Hall–Kier alpha value is -2.38. The van der Waals surface area contributed by atoms with Crippen molar-refractivity contribution in [3.8, 4) is 5.75 Å². The molecule has 1 aromatic rings. The molecule has 1 saturated carbocycles. The van der Waals surface area contributed by atoms with Crippen molar-refractivity contribution in [3.05, 3.63) is 41.6 Å². The van der Waals surface area contributed by atoms with Crippen LogP contribution in [0.2, 0.25) is 0 Å². The minimum Gasteiger partial charge on any atom is -0.489 e. The lowest BCUT2D eigenvalue weighted by Gasteiger charge is -2.42. The molecule has 1 aliphatic carbocycles. The Kier molecular flexibility index (Phi) is 5.65. The summed E-state index contributed by atoms with van der Waals surface area (Å²) in [5.74, 6) is 0.644. The van der Waals surface area contributed by atoms with Gasteiger partial charge in [0.2, 0.25) is 5.91 Å². The molecule has 1 N–H and O–H groups in total. The van der Waals surface area contributed by atoms with Crippen LogP contribution < -0.4 is 10.1 Å². The van der Waals surface area contributed by atoms with E-state index in [-0.39, 0.29) is 17.9 Å². The van der Waals surface area contributed by atoms with Crippen molar-refractivity contribution in [3.63, 3.8) is 0 Å². The summed E-state index contributed by atoms with van der Waals surface area (Å²) < 4.78 is 12.3. The zero-order valence-electron chi connectivity index (χ0n) is 19.9. The quantitative estimate of drug-likeness (QED) is 0.739. The fourth-order valence-electron chi connectivity index (χ4n) is 6.71. The molecule has 3 atom stereocenters. The summed E-state index contributed by atoms with van der Waals surface area (Å²) in [5, 5.41) is 2.80. The van der Waals surface area contributed by atoms with Crippen molar-refractivity contribution in [1.82, 2.24) is 15.1 Å². The van der Waals surface area contributed by atoms with E-state index in [1.54, 1.807) is 4.90 Å². The van der Waals surface area contributed by atoms with Crippen molar-refractivity contribution in [2.45, 2.75) is 76.1 Å². The van der Waals surface area contributed by atoms with Crippen molar-refractivity contribution in [1.29, 1.82) is 0 Å². The number of benzene rings is 1. The van der Waals surface area contributed by atoms with Crippen LogP contribution >= 0.6 is 0 Å². The van der Waals surface area contributed by atoms with E-state index in [1.807, 2.05) is 18.2 Å². The van der Waals surface area contributed by atoms with Crippen LogP contribution in [0.4, 0.5) is 0 Å². The van der Waals surface area contributed by atoms with Gasteiger partial charge >= 0.3 is 0 Å². The van der Waals surface area contributed by atoms with Gasteiger partial charge in [-0.15, -0.1) is 0 Å². The molecule has 1 spiro atoms. The highest BCUT2D eigenvalue weighted by Gasteiger charge is 2.43. The maximum atomic E-state index is 13.0. The standard InChI is InChI=1S/C27H35N3O4/c1-18-5-8-23(25(31)28-18)30-16-19-15-20(6-7-21(19)26(30)32)34-24-4-2-3-22(24)29-12-9-27(10-13-29)11-14-33-17-27/h6-7,15,22-24H,1-5,8-14,16-17H2,(H,28,31)/t22-,23?,24+/m1/s1. The van der Waals surface area contributed by atoms with Gasteiger partial charge in [-0.1, -0.05) is 6.58 Å². The van der Waals surface area contributed by atoms with Crippen LogP contribution in [0.25, 0.3) is 0 Å². The predicted octanol–water partition coefficient (Wildman–Crippen LogP) is 3.24. The number of carbonyl (C=O) groups excluding carboxylic acids is 2. The molecule has 3 saturated heterocycles. The molecule has 6 rings (SSSR count). The predicted molar refractivity (Wildman–Crippen MR) is 127 cm³/mol. The first-order valence-corrected chi connectivity index (χ1v) is 12.9. The lowest BCUT2D eigenvalue weighted by atomic mass is 9.77. The van der Waals surface area contributed by atoms with Gasteiger partial charge in [0.25, 0.3) is 5.91 Å². The van der Waals surface area contributed by atoms with Crippen molar-refractivity contribution in [2.24, 2.45) is 5.41 Å². The monoisotopic (exact) mass is 465 g/mol. The molecule has 0 bridgehead atoms. The summed E-state index contributed by atoms with van der Waals surface area (Å²) in [6.45, 7) is 8.44. The molecule has 0 aromatic heterocycles. The van der Waals surface area contributed by atoms with E-state index in [0.717, 1.165) is 49.7 Å². The van der Waals surface area contributed by atoms with Crippen LogP contribution in [0.5, 0.6) is 5.75 Å². The van der Waals surface area contributed by atoms with Gasteiger partial charge in [-0.3, -0.25) is 14.5 Å². The highest BCUT2D eigenvalue weighted by molar-refractivity contribution is 6.01. The second-order valence-electron chi connectivity index (χ2n) is 10.9. The van der Waals surface area contributed by atoms with Crippen LogP contribution in [0, 0.1) is 5.41 Å². The lowest BCUT2D eigenvalue weighted by Crippen LogP contribution is -2.49. The second kappa shape index (κ2) is 8.68. The lowest BCUT2D eigenvalue weighted by molar-refractivity contribution is -0.126. The van der Waals surface area contributed by atoms with E-state index in [4.69, 9.17) is 9.47 Å². The van der Waals surface area contributed by atoms with Gasteiger partial charge in [-0.25, -0.2) is 0 Å². The van der Waals surface area contributed by atoms with E-state index in [0.29, 0.717) is 36.4 Å². The number of fused-ring (bicyclic) bond motifs is 1. The van der Waals surface area contributed by atoms with Gasteiger partial charge in [0, 0.05) is 30.5 Å². The molecule has 5 aliphatic rings. The Bertz CT molecular complexity index is 992. The number of ether oxygens (including phenoxy) is 2. The number of hydrogen-bond acceptors (Lipinski definition) is 5. The summed E-state index contributed by atoms with van der Waals surface area (Å²) in [5.41, 5.74) is 2.79. The molecular formula is C27H35N3O4. The fourth-order valence-corrected chi connectivity index (χ4v) is 6.71. The maximum Gasteiger partial charge on any atom is 0.255 e. The normalized spacial score (nSPS) is 31.2. The number of carbonyl (C=O) groups is 2. The number of amides is 2. The van der Waals surface area contributed by atoms with Crippen molar-refractivity contribution < 1.29 is 19.1 Å². The van der Waals surface area contributed by atoms with Gasteiger partial charge in [0.05, 0.1) is 6.61 Å². The average molecular weight is 466 g/mol. The summed E-state index contributed by atoms with van der Waals surface area (Å²) >= 11 is 0. The number of piperidine rings is 2. The number of likely N-dealkylation sites (tertiary alicyclic amines) is 1. The van der Waals surface area contributed by atoms with Crippen molar-refractivity contribution in [2.75, 3.05) is 26.3 Å². The van der Waals surface area contributed by atoms with E-state index < -0.39 is 6.04 Å². The van der Waals surface area contributed by atoms with Crippen LogP contribution in [0.3, 0.4) is 0 Å². The van der Waals surface area contributed by atoms with Gasteiger partial charge in [-0.05, 0) is 93.6 Å². The van der Waals surface area contributed by atoms with Crippen LogP contribution in [-0.4, -0.2) is 66.1 Å². The zero-order valence-corrected chi connectivity index (χ0v) is 19.9. The van der Waals surface area contributed by atoms with Gasteiger partial charge in [0.1, 0.15) is 17.9 Å². The molecule has 4 heterocycles. The number of nitrogens with one attached hydrogen (secondary N) is 1. The average Bonchev–Trinajstić information content (AvgIpc) is 3.55. The summed E-state index contributed by atoms with van der Waals surface area (Å²) in [6.07, 6.45) is 8.66. The smallest absolute Gasteiger partial charge is 0.255 e. The van der Waals surface area contributed by atoms with Crippen LogP contribution in [0.15, 0.2) is 30.5 Å². The molecule has 4 fully saturated rings. The highest BCUT2D eigenvalue weighted by atomic mass is 16.5. The summed E-state index contributed by atoms with van der Waals surface area (Å²) in [7, 11) is 0. The minimum atomic E-state index is -0.429. The fraction of sp³-hybridized carbons (Fsp3) is 0.630. The van der Waals surface area contributed by atoms with E-state index in [2.05, 4.69) is 16.8 Å². The Morgan fingerprint density at radius 1 is 1.12 bits per heavy atom. The molecule has 4 aliphatic heterocycles. The first-order valence-electron chi connectivity index (χ1n) is 12.9. The Balaban J connectivity index is 1.11. The van der Waals surface area contributed by atoms with Crippen molar-refractivity contribution >= 4 is 11.8 Å². The SMILES string of the molecule is C=C1CCC(N2Cc3cc(O[C@H]4CCC[C@H]4N4CCC5(CCOC5)CC4)ccc3C2=O)C(=O)N1. The molecule has 7 heteroatoms. The van der Waals surface area contributed by atoms with Crippen LogP contribution in [-0.2, 0) is 16.1 Å². The number of rotatable bonds is 4. The molecule has 182 valence electrons. The third-order valence-electron chi connectivity index (χ3n) is 8.82. The zero-order chi connectivity index (χ0) is 23.3. The summed E-state index contributed by atoms with van der Waals surface area (Å²) in [4.78, 5) is 29.8. The molecule has 2 amide bonds. The largest absolute Gasteiger partial charge is 0.489 e. The Labute approximate surface area is 201 Å². The molecule has 7 nitrogen and oxygen atoms in total. The number of hydrogen-bond donors (Lipinski definition) is 1. The third-order valence-corrected chi connectivity index (χ3v) is 8.82. The second-order valence-corrected chi connectivity index (χ2v) is 10.9. The molecule has 1 aromatic carbocycles. The van der Waals surface area contributed by atoms with E-state index >= 15 is 0 Å². The Morgan fingerprint density at radius 3 is 2.74 bits per heavy atom. The summed E-state index contributed by atoms with van der Waals surface area (Å²) in [6, 6.07) is 5.86. The van der Waals surface area contributed by atoms with Gasteiger partial charge in [-0.2, -0.15) is 0 Å². The minimum absolute atomic E-state index is 0.0638. The highest BCUT2D eigenvalue weighted by Crippen LogP contribution is 2.41. The molecular weight excluding hydrogens is 430 g/mol. The van der Waals surface area contributed by atoms with Crippen LogP contribution in [0.1, 0.15) is 67.3 Å². The number of nitrogens with zero attached hydrogens (tertiary/aromatic N) is 2. The maximum absolute atomic E-state index is 13.0. The first kappa shape index (κ1) is 22.1. The first-order chi connectivity index (χ1) is 16.5. The van der Waals surface area contributed by atoms with E-state index in [1.165, 1.54) is 32.1 Å². The third kappa shape index (κ3) is 3.93. The molecule has 34 heavy (non-hydrogen) atoms.